The number of anilines is 4. The number of aromatic nitrogens is 1. The van der Waals surface area contributed by atoms with E-state index in [2.05, 4.69) is 39.5 Å². The molecule has 1 aromatic heterocycles. The third-order valence-corrected chi connectivity index (χ3v) is 3.43. The average molecular weight is 278 g/mol. The highest BCUT2D eigenvalue weighted by atomic mass is 15.1. The highest BCUT2D eigenvalue weighted by molar-refractivity contribution is 5.94. The second-order valence-electron chi connectivity index (χ2n) is 5.20. The fourth-order valence-electron chi connectivity index (χ4n) is 2.27. The summed E-state index contributed by atoms with van der Waals surface area (Å²) in [7, 11) is 4.06. The van der Waals surface area contributed by atoms with Gasteiger partial charge in [0.2, 0.25) is 0 Å². The van der Waals surface area contributed by atoms with Gasteiger partial charge in [-0.1, -0.05) is 0 Å². The smallest absolute Gasteiger partial charge is 0.0743 e. The van der Waals surface area contributed by atoms with Gasteiger partial charge in [0.25, 0.3) is 0 Å². The Balaban J connectivity index is 1.94. The molecular weight excluding hydrogens is 260 g/mol. The van der Waals surface area contributed by atoms with Gasteiger partial charge in [-0.15, -0.1) is 0 Å². The minimum atomic E-state index is 0.725. The summed E-state index contributed by atoms with van der Waals surface area (Å²) < 4.78 is 0. The van der Waals surface area contributed by atoms with Crippen LogP contribution in [0, 0.1) is 0 Å². The number of rotatable bonds is 3. The molecule has 0 unspecified atom stereocenters. The van der Waals surface area contributed by atoms with Crippen LogP contribution in [0.2, 0.25) is 0 Å². The molecule has 1 heterocycles. The number of nitrogens with one attached hydrogen (secondary N) is 1. The Hall–Kier alpha value is -2.75. The quantitative estimate of drug-likeness (QED) is 0.718. The standard InChI is InChI=1S/C17H18N4/c1-21(2)14-6-4-13(5-7-14)20-16-9-10-19-17-11-12(18)3-8-15(16)17/h3-11H,18H2,1-2H3,(H,19,20). The average Bonchev–Trinajstić information content (AvgIpc) is 2.47. The Morgan fingerprint density at radius 3 is 2.48 bits per heavy atom. The molecule has 4 heteroatoms. The minimum absolute atomic E-state index is 0.725. The Bertz CT molecular complexity index is 763. The van der Waals surface area contributed by atoms with E-state index in [0.717, 1.165) is 28.0 Å². The van der Waals surface area contributed by atoms with Gasteiger partial charge in [-0.2, -0.15) is 0 Å². The summed E-state index contributed by atoms with van der Waals surface area (Å²) in [5.41, 5.74) is 10.7. The molecule has 0 bridgehead atoms. The lowest BCUT2D eigenvalue weighted by Gasteiger charge is -2.14. The number of nitrogens with zero attached hydrogens (tertiary/aromatic N) is 2. The summed E-state index contributed by atoms with van der Waals surface area (Å²) in [6.07, 6.45) is 1.79. The first kappa shape index (κ1) is 13.2. The van der Waals surface area contributed by atoms with Crippen LogP contribution < -0.4 is 16.0 Å². The van der Waals surface area contributed by atoms with Crippen LogP contribution >= 0.6 is 0 Å². The summed E-state index contributed by atoms with van der Waals surface area (Å²) in [4.78, 5) is 6.43. The number of fused-ring (bicyclic) bond motifs is 1. The number of hydrogen-bond acceptors (Lipinski definition) is 4. The van der Waals surface area contributed by atoms with Crippen molar-refractivity contribution in [1.29, 1.82) is 0 Å². The van der Waals surface area contributed by atoms with Crippen LogP contribution in [0.3, 0.4) is 0 Å². The van der Waals surface area contributed by atoms with Crippen molar-refractivity contribution in [2.75, 3.05) is 30.0 Å². The lowest BCUT2D eigenvalue weighted by Crippen LogP contribution is -2.08. The van der Waals surface area contributed by atoms with Gasteiger partial charge in [0.05, 0.1) is 5.52 Å². The highest BCUT2D eigenvalue weighted by Gasteiger charge is 2.03. The normalized spacial score (nSPS) is 10.6. The first-order chi connectivity index (χ1) is 10.1. The summed E-state index contributed by atoms with van der Waals surface area (Å²) in [5.74, 6) is 0. The molecule has 0 aliphatic heterocycles. The van der Waals surface area contributed by atoms with Crippen LogP contribution in [0.1, 0.15) is 0 Å². The minimum Gasteiger partial charge on any atom is -0.399 e. The van der Waals surface area contributed by atoms with E-state index in [1.807, 2.05) is 38.4 Å². The second kappa shape index (κ2) is 5.32. The molecule has 3 N–H and O–H groups in total. The van der Waals surface area contributed by atoms with Crippen LogP contribution in [0.25, 0.3) is 10.9 Å². The zero-order valence-corrected chi connectivity index (χ0v) is 12.2. The van der Waals surface area contributed by atoms with Crippen LogP contribution in [0.15, 0.2) is 54.7 Å². The molecule has 21 heavy (non-hydrogen) atoms. The molecule has 0 saturated carbocycles. The molecule has 0 aliphatic rings. The van der Waals surface area contributed by atoms with Crippen molar-refractivity contribution in [3.05, 3.63) is 54.7 Å². The van der Waals surface area contributed by atoms with Crippen molar-refractivity contribution in [3.63, 3.8) is 0 Å². The summed E-state index contributed by atoms with van der Waals surface area (Å²) >= 11 is 0. The number of nitrogen functional groups attached to an aromatic ring is 1. The van der Waals surface area contributed by atoms with Crippen molar-refractivity contribution < 1.29 is 0 Å². The van der Waals surface area contributed by atoms with Crippen molar-refractivity contribution >= 4 is 33.7 Å². The first-order valence-electron chi connectivity index (χ1n) is 6.82. The van der Waals surface area contributed by atoms with Crippen molar-refractivity contribution in [2.45, 2.75) is 0 Å². The van der Waals surface area contributed by atoms with Crippen LogP contribution in [0.4, 0.5) is 22.7 Å². The molecule has 0 fully saturated rings. The SMILES string of the molecule is CN(C)c1ccc(Nc2ccnc3cc(N)ccc23)cc1. The Labute approximate surface area is 124 Å². The molecule has 0 spiro atoms. The predicted octanol–water partition coefficient (Wildman–Crippen LogP) is 3.63. The zero-order valence-electron chi connectivity index (χ0n) is 12.2. The lowest BCUT2D eigenvalue weighted by molar-refractivity contribution is 1.13. The van der Waals surface area contributed by atoms with Crippen LogP contribution in [-0.4, -0.2) is 19.1 Å². The van der Waals surface area contributed by atoms with Crippen LogP contribution in [-0.2, 0) is 0 Å². The Morgan fingerprint density at radius 1 is 1.00 bits per heavy atom. The predicted molar refractivity (Wildman–Crippen MR) is 90.2 cm³/mol. The molecule has 4 nitrogen and oxygen atoms in total. The third kappa shape index (κ3) is 2.74. The van der Waals surface area contributed by atoms with E-state index >= 15 is 0 Å². The van der Waals surface area contributed by atoms with E-state index in [1.54, 1.807) is 6.20 Å². The van der Waals surface area contributed by atoms with Gasteiger partial charge in [-0.3, -0.25) is 4.98 Å². The number of pyridine rings is 1. The molecule has 0 radical (unpaired) electrons. The molecule has 2 aromatic carbocycles. The van der Waals surface area contributed by atoms with E-state index in [9.17, 15) is 0 Å². The van der Waals surface area contributed by atoms with Gasteiger partial charge >= 0.3 is 0 Å². The fourth-order valence-corrected chi connectivity index (χ4v) is 2.27. The van der Waals surface area contributed by atoms with Gasteiger partial charge in [0, 0.05) is 48.4 Å². The third-order valence-electron chi connectivity index (χ3n) is 3.43. The maximum Gasteiger partial charge on any atom is 0.0743 e. The van der Waals surface area contributed by atoms with Gasteiger partial charge in [-0.25, -0.2) is 0 Å². The highest BCUT2D eigenvalue weighted by Crippen LogP contribution is 2.27. The molecule has 0 saturated heterocycles. The molecule has 106 valence electrons. The molecule has 0 amide bonds. The van der Waals surface area contributed by atoms with E-state index in [4.69, 9.17) is 5.73 Å². The topological polar surface area (TPSA) is 54.2 Å². The van der Waals surface area contributed by atoms with Gasteiger partial charge in [0.15, 0.2) is 0 Å². The summed E-state index contributed by atoms with van der Waals surface area (Å²) in [5, 5.41) is 4.49. The van der Waals surface area contributed by atoms with E-state index < -0.39 is 0 Å². The monoisotopic (exact) mass is 278 g/mol. The first-order valence-corrected chi connectivity index (χ1v) is 6.82. The zero-order chi connectivity index (χ0) is 14.8. The maximum atomic E-state index is 5.81. The van der Waals surface area contributed by atoms with Crippen molar-refractivity contribution in [1.82, 2.24) is 4.98 Å². The molecule has 3 rings (SSSR count). The van der Waals surface area contributed by atoms with E-state index in [-0.39, 0.29) is 0 Å². The fraction of sp³-hybridized carbons (Fsp3) is 0.118. The molecular formula is C17H18N4. The number of nitrogens with two attached hydrogens (primary N) is 1. The largest absolute Gasteiger partial charge is 0.399 e. The van der Waals surface area contributed by atoms with E-state index in [0.29, 0.717) is 0 Å². The molecule has 0 aliphatic carbocycles. The van der Waals surface area contributed by atoms with E-state index in [1.165, 1.54) is 5.69 Å². The Kier molecular flexibility index (Phi) is 3.36. The van der Waals surface area contributed by atoms with Gasteiger partial charge in [-0.05, 0) is 48.5 Å². The van der Waals surface area contributed by atoms with Crippen LogP contribution in [0.5, 0.6) is 0 Å². The maximum absolute atomic E-state index is 5.81. The lowest BCUT2D eigenvalue weighted by atomic mass is 10.1. The van der Waals surface area contributed by atoms with Gasteiger partial charge in [0.1, 0.15) is 0 Å². The molecule has 3 aromatic rings. The van der Waals surface area contributed by atoms with Gasteiger partial charge < -0.3 is 16.0 Å². The number of benzene rings is 2. The second-order valence-corrected chi connectivity index (χ2v) is 5.20. The summed E-state index contributed by atoms with van der Waals surface area (Å²) in [6, 6.07) is 16.1. The van der Waals surface area contributed by atoms with Crippen molar-refractivity contribution in [3.8, 4) is 0 Å². The number of hydrogen-bond donors (Lipinski definition) is 2. The Morgan fingerprint density at radius 2 is 1.76 bits per heavy atom. The van der Waals surface area contributed by atoms with Crippen molar-refractivity contribution in [2.24, 2.45) is 0 Å². The molecule has 0 atom stereocenters. The summed E-state index contributed by atoms with van der Waals surface area (Å²) in [6.45, 7) is 0.